The maximum atomic E-state index is 12.3. The van der Waals surface area contributed by atoms with Crippen LogP contribution >= 0.6 is 0 Å². The van der Waals surface area contributed by atoms with Gasteiger partial charge in [-0.25, -0.2) is 19.7 Å². The van der Waals surface area contributed by atoms with Gasteiger partial charge in [0.15, 0.2) is 0 Å². The Hall–Kier alpha value is -3.30. The zero-order chi connectivity index (χ0) is 24.2. The number of aliphatic hydroxyl groups is 1. The summed E-state index contributed by atoms with van der Waals surface area (Å²) < 4.78 is 17.0. The maximum absolute atomic E-state index is 12.3. The largest absolute Gasteiger partial charge is 0.474 e. The van der Waals surface area contributed by atoms with Crippen molar-refractivity contribution in [1.29, 1.82) is 0 Å². The average Bonchev–Trinajstić information content (AvgIpc) is 3.62. The molecule has 3 aliphatic rings. The Kier molecular flexibility index (Phi) is 5.16. The third kappa shape index (κ3) is 4.30. The molecule has 182 valence electrons. The summed E-state index contributed by atoms with van der Waals surface area (Å²) in [6, 6.07) is 5.37. The van der Waals surface area contributed by atoms with Crippen molar-refractivity contribution < 1.29 is 24.1 Å². The number of carbonyl (C=O) groups is 1. The van der Waals surface area contributed by atoms with Crippen LogP contribution in [-0.2, 0) is 21.5 Å². The molecule has 9 heteroatoms. The van der Waals surface area contributed by atoms with Gasteiger partial charge in [-0.3, -0.25) is 0 Å². The second kappa shape index (κ2) is 8.13. The van der Waals surface area contributed by atoms with Crippen LogP contribution in [0.15, 0.2) is 30.6 Å². The van der Waals surface area contributed by atoms with Gasteiger partial charge in [0.05, 0.1) is 22.2 Å². The summed E-state index contributed by atoms with van der Waals surface area (Å²) in [6.45, 7) is 4.73. The fraction of sp³-hybridized carbons (Fsp3) is 0.462. The summed E-state index contributed by atoms with van der Waals surface area (Å²) in [5.74, 6) is 1.33. The van der Waals surface area contributed by atoms with Crippen LogP contribution in [0.3, 0.4) is 0 Å². The Balaban J connectivity index is 1.38. The van der Waals surface area contributed by atoms with Crippen molar-refractivity contribution in [2.75, 3.05) is 18.5 Å². The first-order chi connectivity index (χ1) is 16.8. The van der Waals surface area contributed by atoms with E-state index in [1.165, 1.54) is 0 Å². The third-order valence-corrected chi connectivity index (χ3v) is 6.77. The molecule has 9 nitrogen and oxygen atoms in total. The summed E-state index contributed by atoms with van der Waals surface area (Å²) in [7, 11) is 0. The molecule has 0 bridgehead atoms. The molecule has 0 amide bonds. The van der Waals surface area contributed by atoms with E-state index in [1.807, 2.05) is 19.9 Å². The zero-order valence-corrected chi connectivity index (χ0v) is 19.8. The van der Waals surface area contributed by atoms with E-state index < -0.39 is 11.2 Å². The van der Waals surface area contributed by atoms with Gasteiger partial charge in [0.25, 0.3) is 0 Å². The van der Waals surface area contributed by atoms with Crippen molar-refractivity contribution in [1.82, 2.24) is 15.0 Å². The smallest absolute Gasteiger partial charge is 0.340 e. The van der Waals surface area contributed by atoms with Crippen molar-refractivity contribution in [3.8, 4) is 5.88 Å². The highest BCUT2D eigenvalue weighted by molar-refractivity contribution is 5.93. The molecule has 2 aliphatic heterocycles. The number of fused-ring (bicyclic) bond motifs is 2. The van der Waals surface area contributed by atoms with E-state index >= 15 is 0 Å². The lowest BCUT2D eigenvalue weighted by Crippen LogP contribution is -2.36. The van der Waals surface area contributed by atoms with Gasteiger partial charge in [-0.05, 0) is 50.3 Å². The second-order valence-corrected chi connectivity index (χ2v) is 10.2. The first-order valence-electron chi connectivity index (χ1n) is 12.1. The van der Waals surface area contributed by atoms with Crippen molar-refractivity contribution in [2.45, 2.75) is 63.3 Å². The molecule has 3 aromatic heterocycles. The Morgan fingerprint density at radius 3 is 2.66 bits per heavy atom. The molecule has 5 heterocycles. The molecule has 6 rings (SSSR count). The Morgan fingerprint density at radius 1 is 1.09 bits per heavy atom. The van der Waals surface area contributed by atoms with E-state index in [9.17, 15) is 9.90 Å². The van der Waals surface area contributed by atoms with Gasteiger partial charge < -0.3 is 24.6 Å². The molecule has 0 unspecified atom stereocenters. The van der Waals surface area contributed by atoms with Gasteiger partial charge in [-0.2, -0.15) is 0 Å². The number of esters is 1. The number of anilines is 2. The van der Waals surface area contributed by atoms with Crippen LogP contribution in [0.25, 0.3) is 10.8 Å². The summed E-state index contributed by atoms with van der Waals surface area (Å²) in [4.78, 5) is 26.1. The zero-order valence-electron chi connectivity index (χ0n) is 19.8. The highest BCUT2D eigenvalue weighted by Gasteiger charge is 2.36. The average molecular weight is 477 g/mol. The molecule has 0 spiro atoms. The molecule has 0 aromatic carbocycles. The van der Waals surface area contributed by atoms with E-state index in [2.05, 4.69) is 20.3 Å². The lowest BCUT2D eigenvalue weighted by atomic mass is 9.85. The Labute approximate surface area is 202 Å². The van der Waals surface area contributed by atoms with Gasteiger partial charge in [-0.15, -0.1) is 0 Å². The molecule has 35 heavy (non-hydrogen) atoms. The number of aromatic nitrogens is 3. The van der Waals surface area contributed by atoms with E-state index in [4.69, 9.17) is 14.2 Å². The number of hydrogen-bond acceptors (Lipinski definition) is 9. The lowest BCUT2D eigenvalue weighted by molar-refractivity contribution is -0.0671. The van der Waals surface area contributed by atoms with Gasteiger partial charge in [0, 0.05) is 50.4 Å². The normalized spacial score (nSPS) is 20.7. The van der Waals surface area contributed by atoms with Crippen molar-refractivity contribution >= 4 is 28.4 Å². The minimum Gasteiger partial charge on any atom is -0.474 e. The fourth-order valence-electron chi connectivity index (χ4n) is 4.73. The highest BCUT2D eigenvalue weighted by atomic mass is 16.6. The molecular formula is C26H28N4O5. The molecule has 2 fully saturated rings. The van der Waals surface area contributed by atoms with Gasteiger partial charge in [0.1, 0.15) is 23.3 Å². The molecule has 0 atom stereocenters. The molecule has 1 saturated carbocycles. The van der Waals surface area contributed by atoms with Crippen LogP contribution in [0, 0.1) is 0 Å². The van der Waals surface area contributed by atoms with Gasteiger partial charge >= 0.3 is 5.97 Å². The number of ether oxygens (including phenoxy) is 3. The minimum atomic E-state index is -1.03. The standard InChI is InChI=1S/C26H28N4O5/c1-25(2)12-20-16(24(31)35-25)5-6-21(29-20)30-22-11-17-18(13-27-22)23(34-15-3-4-15)28-14-19(17)26(32)7-9-33-10-8-26/h5-6,11,13-15,32H,3-4,7-10,12H2,1-2H3,(H,27,29,30). The van der Waals surface area contributed by atoms with Gasteiger partial charge in [0.2, 0.25) is 5.88 Å². The van der Waals surface area contributed by atoms with Crippen LogP contribution in [0.1, 0.15) is 61.1 Å². The Bertz CT molecular complexity index is 1310. The second-order valence-electron chi connectivity index (χ2n) is 10.2. The predicted molar refractivity (Wildman–Crippen MR) is 128 cm³/mol. The monoisotopic (exact) mass is 476 g/mol. The third-order valence-electron chi connectivity index (χ3n) is 6.77. The number of pyridine rings is 3. The minimum absolute atomic E-state index is 0.191. The molecule has 0 radical (unpaired) electrons. The van der Waals surface area contributed by atoms with E-state index in [0.717, 1.165) is 29.2 Å². The van der Waals surface area contributed by atoms with Gasteiger partial charge in [-0.1, -0.05) is 0 Å². The molecule has 2 N–H and O–H groups in total. The number of hydrogen-bond donors (Lipinski definition) is 2. The number of cyclic esters (lactones) is 1. The van der Waals surface area contributed by atoms with E-state index in [0.29, 0.717) is 61.2 Å². The topological polar surface area (TPSA) is 116 Å². The van der Waals surface area contributed by atoms with Crippen molar-refractivity contribution in [3.63, 3.8) is 0 Å². The maximum Gasteiger partial charge on any atom is 0.340 e. The first-order valence-corrected chi connectivity index (χ1v) is 12.1. The molecular weight excluding hydrogens is 448 g/mol. The van der Waals surface area contributed by atoms with E-state index in [1.54, 1.807) is 24.5 Å². The molecule has 1 saturated heterocycles. The SMILES string of the molecule is CC1(C)Cc2nc(Nc3cc4c(C5(O)CCOCC5)cnc(OC5CC5)c4cn3)ccc2C(=O)O1. The summed E-state index contributed by atoms with van der Waals surface area (Å²) >= 11 is 0. The predicted octanol–water partition coefficient (Wildman–Crippen LogP) is 3.80. The van der Waals surface area contributed by atoms with E-state index in [-0.39, 0.29) is 12.1 Å². The number of rotatable bonds is 5. The summed E-state index contributed by atoms with van der Waals surface area (Å²) in [5.41, 5.74) is 0.288. The first kappa shape index (κ1) is 22.2. The number of nitrogens with zero attached hydrogens (tertiary/aromatic N) is 3. The van der Waals surface area contributed by atoms with Crippen molar-refractivity contribution in [3.05, 3.63) is 47.4 Å². The summed E-state index contributed by atoms with van der Waals surface area (Å²) in [5, 5.41) is 16.3. The highest BCUT2D eigenvalue weighted by Crippen LogP contribution is 2.40. The Morgan fingerprint density at radius 2 is 1.89 bits per heavy atom. The summed E-state index contributed by atoms with van der Waals surface area (Å²) in [6.07, 6.45) is 7.21. The van der Waals surface area contributed by atoms with Crippen LogP contribution in [0.5, 0.6) is 5.88 Å². The van der Waals surface area contributed by atoms with Crippen LogP contribution in [0.2, 0.25) is 0 Å². The number of carbonyl (C=O) groups excluding carboxylic acids is 1. The quantitative estimate of drug-likeness (QED) is 0.531. The lowest BCUT2D eigenvalue weighted by Gasteiger charge is -2.33. The number of nitrogens with one attached hydrogen (secondary N) is 1. The van der Waals surface area contributed by atoms with Crippen LogP contribution in [0.4, 0.5) is 11.6 Å². The van der Waals surface area contributed by atoms with Crippen LogP contribution < -0.4 is 10.1 Å². The van der Waals surface area contributed by atoms with Crippen molar-refractivity contribution in [2.24, 2.45) is 0 Å². The molecule has 1 aliphatic carbocycles. The van der Waals surface area contributed by atoms with Crippen LogP contribution in [-0.4, -0.2) is 50.9 Å². The fourth-order valence-corrected chi connectivity index (χ4v) is 4.73. The molecule has 3 aromatic rings.